The number of hydrogen-bond acceptors (Lipinski definition) is 5. The SMILES string of the molecule is COc1ccc2c(c1)OC(C)(C)CC2NC(=O)c1ccc(C)c(N(C)S(C)(=O)=O)c1. The van der Waals surface area contributed by atoms with Gasteiger partial charge in [0, 0.05) is 30.7 Å². The van der Waals surface area contributed by atoms with Crippen molar-refractivity contribution in [1.82, 2.24) is 5.32 Å². The Morgan fingerprint density at radius 1 is 1.23 bits per heavy atom. The van der Waals surface area contributed by atoms with Crippen molar-refractivity contribution in [3.8, 4) is 11.5 Å². The number of ether oxygens (including phenoxy) is 2. The third-order valence-electron chi connectivity index (χ3n) is 5.29. The van der Waals surface area contributed by atoms with Crippen LogP contribution in [-0.4, -0.2) is 40.3 Å². The number of carbonyl (C=O) groups excluding carboxylic acids is 1. The fraction of sp³-hybridized carbons (Fsp3) is 0.409. The zero-order valence-electron chi connectivity index (χ0n) is 18.1. The number of methoxy groups -OCH3 is 1. The summed E-state index contributed by atoms with van der Waals surface area (Å²) in [7, 11) is -0.366. The number of nitrogens with zero attached hydrogens (tertiary/aromatic N) is 1. The Bertz CT molecular complexity index is 1080. The van der Waals surface area contributed by atoms with E-state index in [0.717, 1.165) is 17.4 Å². The zero-order chi connectivity index (χ0) is 22.3. The highest BCUT2D eigenvalue weighted by Crippen LogP contribution is 2.41. The Labute approximate surface area is 178 Å². The molecule has 8 heteroatoms. The summed E-state index contributed by atoms with van der Waals surface area (Å²) in [5, 5.41) is 3.08. The molecule has 2 aromatic carbocycles. The van der Waals surface area contributed by atoms with Crippen molar-refractivity contribution < 1.29 is 22.7 Å². The lowest BCUT2D eigenvalue weighted by Gasteiger charge is -2.38. The first-order valence-corrected chi connectivity index (χ1v) is 11.5. The van der Waals surface area contributed by atoms with Gasteiger partial charge < -0.3 is 14.8 Å². The average Bonchev–Trinajstić information content (AvgIpc) is 2.65. The molecule has 7 nitrogen and oxygen atoms in total. The van der Waals surface area contributed by atoms with E-state index >= 15 is 0 Å². The quantitative estimate of drug-likeness (QED) is 0.782. The molecule has 1 heterocycles. The number of sulfonamides is 1. The normalized spacial score (nSPS) is 17.5. The molecule has 0 aliphatic carbocycles. The van der Waals surface area contributed by atoms with Crippen molar-refractivity contribution in [2.45, 2.75) is 38.8 Å². The number of benzene rings is 2. The van der Waals surface area contributed by atoms with Gasteiger partial charge in [-0.2, -0.15) is 0 Å². The summed E-state index contributed by atoms with van der Waals surface area (Å²) in [5.41, 5.74) is 2.05. The molecule has 0 radical (unpaired) electrons. The van der Waals surface area contributed by atoms with Crippen LogP contribution in [0.5, 0.6) is 11.5 Å². The summed E-state index contributed by atoms with van der Waals surface area (Å²) < 4.78 is 36.4. The Kier molecular flexibility index (Phi) is 5.73. The minimum absolute atomic E-state index is 0.250. The standard InChI is InChI=1S/C22H28N2O5S/c1-14-7-8-15(11-19(14)24(4)30(6,26)27)21(25)23-18-13-22(2,3)29-20-12-16(28-5)9-10-17(18)20/h7-12,18H,13H2,1-6H3,(H,23,25). The van der Waals surface area contributed by atoms with Gasteiger partial charge in [-0.05, 0) is 50.6 Å². The summed E-state index contributed by atoms with van der Waals surface area (Å²) in [6.45, 7) is 5.75. The molecule has 1 aliphatic heterocycles. The van der Waals surface area contributed by atoms with E-state index in [1.165, 1.54) is 11.4 Å². The van der Waals surface area contributed by atoms with Gasteiger partial charge in [0.25, 0.3) is 5.91 Å². The second-order valence-electron chi connectivity index (χ2n) is 8.23. The van der Waals surface area contributed by atoms with Crippen LogP contribution in [-0.2, 0) is 10.0 Å². The zero-order valence-corrected chi connectivity index (χ0v) is 19.0. The van der Waals surface area contributed by atoms with E-state index in [0.29, 0.717) is 29.2 Å². The lowest BCUT2D eigenvalue weighted by molar-refractivity contribution is 0.0617. The van der Waals surface area contributed by atoms with Crippen molar-refractivity contribution in [3.63, 3.8) is 0 Å². The number of aryl methyl sites for hydroxylation is 1. The van der Waals surface area contributed by atoms with E-state index in [1.807, 2.05) is 39.0 Å². The van der Waals surface area contributed by atoms with Gasteiger partial charge in [0.2, 0.25) is 10.0 Å². The van der Waals surface area contributed by atoms with Crippen molar-refractivity contribution >= 4 is 21.6 Å². The van der Waals surface area contributed by atoms with Crippen molar-refractivity contribution in [2.75, 3.05) is 24.7 Å². The van der Waals surface area contributed by atoms with E-state index in [1.54, 1.807) is 25.3 Å². The van der Waals surface area contributed by atoms with Gasteiger partial charge in [0.05, 0.1) is 25.1 Å². The van der Waals surface area contributed by atoms with Gasteiger partial charge in [0.1, 0.15) is 17.1 Å². The molecule has 1 aliphatic rings. The Balaban J connectivity index is 1.91. The van der Waals surface area contributed by atoms with E-state index < -0.39 is 15.6 Å². The number of nitrogens with one attached hydrogen (secondary N) is 1. The molecular weight excluding hydrogens is 404 g/mol. The molecule has 0 fully saturated rings. The average molecular weight is 433 g/mol. The second-order valence-corrected chi connectivity index (χ2v) is 10.2. The maximum absolute atomic E-state index is 13.0. The summed E-state index contributed by atoms with van der Waals surface area (Å²) in [4.78, 5) is 13.0. The number of fused-ring (bicyclic) bond motifs is 1. The fourth-order valence-corrected chi connectivity index (χ4v) is 4.15. The topological polar surface area (TPSA) is 84.9 Å². The summed E-state index contributed by atoms with van der Waals surface area (Å²) in [5.74, 6) is 1.09. The van der Waals surface area contributed by atoms with Gasteiger partial charge in [-0.15, -0.1) is 0 Å². The van der Waals surface area contributed by atoms with E-state index in [4.69, 9.17) is 9.47 Å². The molecule has 3 rings (SSSR count). The summed E-state index contributed by atoms with van der Waals surface area (Å²) in [6, 6.07) is 10.4. The first-order valence-electron chi connectivity index (χ1n) is 9.63. The van der Waals surface area contributed by atoms with Gasteiger partial charge in [-0.1, -0.05) is 6.07 Å². The Morgan fingerprint density at radius 3 is 2.57 bits per heavy atom. The lowest BCUT2D eigenvalue weighted by Crippen LogP contribution is -2.41. The van der Waals surface area contributed by atoms with E-state index in [9.17, 15) is 13.2 Å². The molecule has 30 heavy (non-hydrogen) atoms. The largest absolute Gasteiger partial charge is 0.497 e. The maximum Gasteiger partial charge on any atom is 0.251 e. The molecule has 0 bridgehead atoms. The number of hydrogen-bond donors (Lipinski definition) is 1. The Morgan fingerprint density at radius 2 is 1.93 bits per heavy atom. The van der Waals surface area contributed by atoms with Gasteiger partial charge in [-0.25, -0.2) is 8.42 Å². The fourth-order valence-electron chi connectivity index (χ4n) is 3.60. The smallest absolute Gasteiger partial charge is 0.251 e. The van der Waals surface area contributed by atoms with Crippen LogP contribution in [0.3, 0.4) is 0 Å². The monoisotopic (exact) mass is 432 g/mol. The van der Waals surface area contributed by atoms with Crippen LogP contribution in [0.4, 0.5) is 5.69 Å². The van der Waals surface area contributed by atoms with Crippen LogP contribution in [0.2, 0.25) is 0 Å². The first-order chi connectivity index (χ1) is 13.9. The van der Waals surface area contributed by atoms with Crippen LogP contribution >= 0.6 is 0 Å². The first kappa shape index (κ1) is 22.0. The molecule has 0 aromatic heterocycles. The van der Waals surface area contributed by atoms with Crippen molar-refractivity contribution in [1.29, 1.82) is 0 Å². The maximum atomic E-state index is 13.0. The highest BCUT2D eigenvalue weighted by atomic mass is 32.2. The number of carbonyl (C=O) groups is 1. The van der Waals surface area contributed by atoms with Crippen LogP contribution in [0.1, 0.15) is 47.8 Å². The molecule has 2 aromatic rings. The minimum atomic E-state index is -3.44. The van der Waals surface area contributed by atoms with Gasteiger partial charge in [-0.3, -0.25) is 9.10 Å². The minimum Gasteiger partial charge on any atom is -0.497 e. The predicted octanol–water partition coefficient (Wildman–Crippen LogP) is 3.43. The van der Waals surface area contributed by atoms with Crippen molar-refractivity contribution in [3.05, 3.63) is 53.1 Å². The predicted molar refractivity (Wildman–Crippen MR) is 117 cm³/mol. The van der Waals surface area contributed by atoms with Crippen molar-refractivity contribution in [2.24, 2.45) is 0 Å². The third kappa shape index (κ3) is 4.53. The number of anilines is 1. The van der Waals surface area contributed by atoms with E-state index in [2.05, 4.69) is 5.32 Å². The molecule has 1 unspecified atom stereocenters. The van der Waals surface area contributed by atoms with E-state index in [-0.39, 0.29) is 11.9 Å². The van der Waals surface area contributed by atoms with Gasteiger partial charge >= 0.3 is 0 Å². The highest BCUT2D eigenvalue weighted by Gasteiger charge is 2.35. The van der Waals surface area contributed by atoms with Crippen LogP contribution in [0, 0.1) is 6.92 Å². The van der Waals surface area contributed by atoms with Crippen LogP contribution < -0.4 is 19.1 Å². The van der Waals surface area contributed by atoms with Gasteiger partial charge in [0.15, 0.2) is 0 Å². The molecule has 1 atom stereocenters. The summed E-state index contributed by atoms with van der Waals surface area (Å²) in [6.07, 6.45) is 1.73. The lowest BCUT2D eigenvalue weighted by atomic mass is 9.89. The number of amides is 1. The molecule has 0 saturated heterocycles. The highest BCUT2D eigenvalue weighted by molar-refractivity contribution is 7.92. The van der Waals surface area contributed by atoms with Crippen LogP contribution in [0.25, 0.3) is 0 Å². The molecule has 1 N–H and O–H groups in total. The third-order valence-corrected chi connectivity index (χ3v) is 6.48. The second kappa shape index (κ2) is 7.83. The molecule has 0 spiro atoms. The molecule has 1 amide bonds. The molecular formula is C22H28N2O5S. The Hall–Kier alpha value is -2.74. The molecule has 162 valence electrons. The molecule has 0 saturated carbocycles. The number of rotatable bonds is 5. The summed E-state index contributed by atoms with van der Waals surface area (Å²) >= 11 is 0. The van der Waals surface area contributed by atoms with Crippen LogP contribution in [0.15, 0.2) is 36.4 Å².